The molecule has 0 bridgehead atoms. The highest BCUT2D eigenvalue weighted by Crippen LogP contribution is 2.46. The lowest BCUT2D eigenvalue weighted by molar-refractivity contribution is 0.320. The Kier molecular flexibility index (Phi) is 3.73. The van der Waals surface area contributed by atoms with E-state index >= 15 is 0 Å². The summed E-state index contributed by atoms with van der Waals surface area (Å²) in [7, 11) is 1.58. The summed E-state index contributed by atoms with van der Waals surface area (Å²) >= 11 is 0. The van der Waals surface area contributed by atoms with Gasteiger partial charge in [0.2, 0.25) is 0 Å². The molecule has 1 aliphatic carbocycles. The summed E-state index contributed by atoms with van der Waals surface area (Å²) in [6.07, 6.45) is 0.988. The second-order valence-corrected chi connectivity index (χ2v) is 6.33. The van der Waals surface area contributed by atoms with Crippen LogP contribution in [-0.4, -0.2) is 17.3 Å². The van der Waals surface area contributed by atoms with Crippen LogP contribution in [-0.2, 0) is 6.42 Å². The lowest BCUT2D eigenvalue weighted by atomic mass is 9.68. The fraction of sp³-hybridized carbons (Fsp3) is 0.368. The van der Waals surface area contributed by atoms with Crippen LogP contribution in [0.1, 0.15) is 36.5 Å². The van der Waals surface area contributed by atoms with Crippen LogP contribution >= 0.6 is 0 Å². The molecular weight excluding hydrogens is 276 g/mol. The van der Waals surface area contributed by atoms with Gasteiger partial charge in [-0.3, -0.25) is 0 Å². The second-order valence-electron chi connectivity index (χ2n) is 6.33. The van der Waals surface area contributed by atoms with Crippen LogP contribution in [0, 0.1) is 11.8 Å². The Labute approximate surface area is 131 Å². The second kappa shape index (κ2) is 5.56. The molecule has 0 spiro atoms. The molecule has 2 aromatic carbocycles. The summed E-state index contributed by atoms with van der Waals surface area (Å²) in [5.74, 6) is 2.22. The molecule has 3 rings (SSSR count). The van der Waals surface area contributed by atoms with Gasteiger partial charge in [0.05, 0.1) is 7.11 Å². The smallest absolute Gasteiger partial charge is 0.160 e. The number of phenolic OH excluding ortho intramolecular Hbond substituents is 2. The van der Waals surface area contributed by atoms with E-state index in [1.807, 2.05) is 24.3 Å². The lowest BCUT2D eigenvalue weighted by Gasteiger charge is -2.37. The number of hydrogen-bond acceptors (Lipinski definition) is 3. The average Bonchev–Trinajstić information content (AvgIpc) is 2.50. The molecule has 3 atom stereocenters. The van der Waals surface area contributed by atoms with Gasteiger partial charge in [-0.2, -0.15) is 0 Å². The van der Waals surface area contributed by atoms with E-state index in [4.69, 9.17) is 4.74 Å². The zero-order chi connectivity index (χ0) is 15.9. The van der Waals surface area contributed by atoms with E-state index in [1.54, 1.807) is 19.2 Å². The van der Waals surface area contributed by atoms with E-state index in [9.17, 15) is 10.2 Å². The van der Waals surface area contributed by atoms with E-state index in [1.165, 1.54) is 11.1 Å². The van der Waals surface area contributed by atoms with E-state index in [2.05, 4.69) is 13.8 Å². The minimum atomic E-state index is 0.187. The van der Waals surface area contributed by atoms with Crippen LogP contribution in [0.4, 0.5) is 0 Å². The number of methoxy groups -OCH3 is 1. The van der Waals surface area contributed by atoms with Crippen LogP contribution in [0.15, 0.2) is 36.4 Å². The zero-order valence-corrected chi connectivity index (χ0v) is 13.2. The summed E-state index contributed by atoms with van der Waals surface area (Å²) in [6.45, 7) is 4.52. The molecule has 0 amide bonds. The fourth-order valence-corrected chi connectivity index (χ4v) is 3.57. The molecule has 0 aliphatic heterocycles. The maximum Gasteiger partial charge on any atom is 0.160 e. The molecular formula is C19H22O3. The predicted octanol–water partition coefficient (Wildman–Crippen LogP) is 4.07. The quantitative estimate of drug-likeness (QED) is 0.878. The first-order chi connectivity index (χ1) is 10.5. The molecule has 0 saturated heterocycles. The topological polar surface area (TPSA) is 49.7 Å². The Morgan fingerprint density at radius 1 is 1.05 bits per heavy atom. The Balaban J connectivity index is 2.14. The highest BCUT2D eigenvalue weighted by molar-refractivity contribution is 5.52. The molecule has 3 nitrogen and oxygen atoms in total. The van der Waals surface area contributed by atoms with Crippen LogP contribution in [0.3, 0.4) is 0 Å². The number of hydrogen-bond donors (Lipinski definition) is 2. The number of ether oxygens (including phenoxy) is 1. The van der Waals surface area contributed by atoms with Gasteiger partial charge in [-0.1, -0.05) is 26.0 Å². The molecule has 0 heterocycles. The summed E-state index contributed by atoms with van der Waals surface area (Å²) in [6, 6.07) is 11.2. The molecule has 22 heavy (non-hydrogen) atoms. The van der Waals surface area contributed by atoms with E-state index in [0.29, 0.717) is 17.6 Å². The largest absolute Gasteiger partial charge is 0.508 e. The number of benzene rings is 2. The first kappa shape index (κ1) is 14.8. The molecule has 0 aromatic heterocycles. The number of phenols is 2. The normalized spacial score (nSPS) is 23.9. The Morgan fingerprint density at radius 3 is 2.36 bits per heavy atom. The van der Waals surface area contributed by atoms with Crippen molar-refractivity contribution in [2.75, 3.05) is 7.11 Å². The molecule has 3 unspecified atom stereocenters. The standard InChI is InChI=1S/C19H22O3/c1-11-8-14-9-18(22-3)17(21)10-16(14)19(12(11)2)13-4-6-15(20)7-5-13/h4-7,9-12,19-21H,8H2,1-3H3. The molecule has 3 heteroatoms. The van der Waals surface area contributed by atoms with Crippen molar-refractivity contribution in [2.24, 2.45) is 11.8 Å². The SMILES string of the molecule is COc1cc2c(cc1O)C(c1ccc(O)cc1)C(C)C(C)C2. The van der Waals surface area contributed by atoms with Crippen molar-refractivity contribution in [1.29, 1.82) is 0 Å². The first-order valence-electron chi connectivity index (χ1n) is 7.70. The monoisotopic (exact) mass is 298 g/mol. The minimum Gasteiger partial charge on any atom is -0.508 e. The van der Waals surface area contributed by atoms with Crippen molar-refractivity contribution in [3.63, 3.8) is 0 Å². The van der Waals surface area contributed by atoms with E-state index in [-0.39, 0.29) is 17.4 Å². The van der Waals surface area contributed by atoms with Gasteiger partial charge in [0, 0.05) is 5.92 Å². The van der Waals surface area contributed by atoms with Gasteiger partial charge in [-0.25, -0.2) is 0 Å². The molecule has 2 N–H and O–H groups in total. The number of rotatable bonds is 2. The van der Waals surface area contributed by atoms with Gasteiger partial charge in [-0.05, 0) is 59.2 Å². The molecule has 0 fully saturated rings. The van der Waals surface area contributed by atoms with Gasteiger partial charge in [0.25, 0.3) is 0 Å². The van der Waals surface area contributed by atoms with Crippen LogP contribution in [0.5, 0.6) is 17.2 Å². The van der Waals surface area contributed by atoms with Gasteiger partial charge < -0.3 is 14.9 Å². The molecule has 116 valence electrons. The maximum atomic E-state index is 10.2. The van der Waals surface area contributed by atoms with Crippen molar-refractivity contribution in [3.8, 4) is 17.2 Å². The minimum absolute atomic E-state index is 0.187. The Bertz CT molecular complexity index is 676. The molecule has 0 radical (unpaired) electrons. The predicted molar refractivity (Wildman–Crippen MR) is 86.6 cm³/mol. The van der Waals surface area contributed by atoms with Crippen molar-refractivity contribution in [1.82, 2.24) is 0 Å². The fourth-order valence-electron chi connectivity index (χ4n) is 3.57. The van der Waals surface area contributed by atoms with Gasteiger partial charge >= 0.3 is 0 Å². The zero-order valence-electron chi connectivity index (χ0n) is 13.2. The molecule has 0 saturated carbocycles. The lowest BCUT2D eigenvalue weighted by Crippen LogP contribution is -2.26. The van der Waals surface area contributed by atoms with E-state index < -0.39 is 0 Å². The van der Waals surface area contributed by atoms with Crippen molar-refractivity contribution in [3.05, 3.63) is 53.1 Å². The van der Waals surface area contributed by atoms with Crippen LogP contribution < -0.4 is 4.74 Å². The third-order valence-corrected chi connectivity index (χ3v) is 4.99. The average molecular weight is 298 g/mol. The highest BCUT2D eigenvalue weighted by Gasteiger charge is 2.33. The molecule has 1 aliphatic rings. The van der Waals surface area contributed by atoms with Crippen molar-refractivity contribution in [2.45, 2.75) is 26.2 Å². The summed E-state index contributed by atoms with van der Waals surface area (Å²) in [5.41, 5.74) is 3.57. The first-order valence-corrected chi connectivity index (χ1v) is 7.70. The summed E-state index contributed by atoms with van der Waals surface area (Å²) in [5, 5.41) is 19.7. The number of aromatic hydroxyl groups is 2. The van der Waals surface area contributed by atoms with E-state index in [0.717, 1.165) is 12.0 Å². The summed E-state index contributed by atoms with van der Waals surface area (Å²) in [4.78, 5) is 0. The maximum absolute atomic E-state index is 10.2. The van der Waals surface area contributed by atoms with Crippen molar-refractivity contribution >= 4 is 0 Å². The summed E-state index contributed by atoms with van der Waals surface area (Å²) < 4.78 is 5.25. The highest BCUT2D eigenvalue weighted by atomic mass is 16.5. The third kappa shape index (κ3) is 2.41. The van der Waals surface area contributed by atoms with Crippen LogP contribution in [0.2, 0.25) is 0 Å². The molecule has 2 aromatic rings. The van der Waals surface area contributed by atoms with Gasteiger partial charge in [0.1, 0.15) is 5.75 Å². The van der Waals surface area contributed by atoms with Gasteiger partial charge in [-0.15, -0.1) is 0 Å². The Hall–Kier alpha value is -2.16. The third-order valence-electron chi connectivity index (χ3n) is 4.99. The Morgan fingerprint density at radius 2 is 1.73 bits per heavy atom. The van der Waals surface area contributed by atoms with Crippen molar-refractivity contribution < 1.29 is 14.9 Å². The number of fused-ring (bicyclic) bond motifs is 1. The van der Waals surface area contributed by atoms with Crippen LogP contribution in [0.25, 0.3) is 0 Å². The van der Waals surface area contributed by atoms with Gasteiger partial charge in [0.15, 0.2) is 11.5 Å².